The molecule has 85 valence electrons. The number of hydroxylamine groups is 2. The van der Waals surface area contributed by atoms with Crippen molar-refractivity contribution in [1.82, 2.24) is 5.06 Å². The lowest BCUT2D eigenvalue weighted by Crippen LogP contribution is -2.49. The lowest BCUT2D eigenvalue weighted by Gasteiger charge is -2.31. The predicted molar refractivity (Wildman–Crippen MR) is 63.7 cm³/mol. The summed E-state index contributed by atoms with van der Waals surface area (Å²) in [6.07, 6.45) is 0. The number of hydrogen-bond donors (Lipinski definition) is 0. The summed E-state index contributed by atoms with van der Waals surface area (Å²) < 4.78 is 0. The van der Waals surface area contributed by atoms with Crippen LogP contribution >= 0.6 is 0 Å². The maximum absolute atomic E-state index is 12.1. The van der Waals surface area contributed by atoms with Crippen LogP contribution in [0.4, 0.5) is 0 Å². The van der Waals surface area contributed by atoms with Crippen molar-refractivity contribution in [1.29, 1.82) is 0 Å². The molecule has 1 radical (unpaired) electrons. The third-order valence-electron chi connectivity index (χ3n) is 3.02. The Balaban J connectivity index is 2.50. The van der Waals surface area contributed by atoms with Gasteiger partial charge < -0.3 is 0 Å². The normalized spacial score (nSPS) is 23.2. The smallest absolute Gasteiger partial charge is 0.134 e. The van der Waals surface area contributed by atoms with Gasteiger partial charge in [0, 0.05) is 0 Å². The standard InChI is InChI=1S/C13H17N2O/c1-12(2)11(10-8-6-5-7-9-10)14-13(3,4)15(12)16/h5-9H,1-4H3. The first-order valence-corrected chi connectivity index (χ1v) is 5.49. The monoisotopic (exact) mass is 217 g/mol. The zero-order valence-corrected chi connectivity index (χ0v) is 10.2. The van der Waals surface area contributed by atoms with Gasteiger partial charge in [-0.25, -0.2) is 0 Å². The van der Waals surface area contributed by atoms with Gasteiger partial charge in [0.2, 0.25) is 0 Å². The first-order chi connectivity index (χ1) is 7.36. The molecule has 0 aromatic heterocycles. The van der Waals surface area contributed by atoms with Gasteiger partial charge in [-0.05, 0) is 33.3 Å². The lowest BCUT2D eigenvalue weighted by molar-refractivity contribution is -0.240. The molecule has 0 amide bonds. The molecule has 0 saturated carbocycles. The molecule has 0 aliphatic carbocycles. The minimum absolute atomic E-state index is 0.565. The summed E-state index contributed by atoms with van der Waals surface area (Å²) in [4.78, 5) is 4.55. The summed E-state index contributed by atoms with van der Waals surface area (Å²) in [6.45, 7) is 7.52. The molecule has 1 aliphatic heterocycles. The van der Waals surface area contributed by atoms with Gasteiger partial charge in [-0.2, -0.15) is 0 Å². The number of nitrogens with zero attached hydrogens (tertiary/aromatic N) is 2. The zero-order valence-electron chi connectivity index (χ0n) is 10.2. The van der Waals surface area contributed by atoms with E-state index in [2.05, 4.69) is 4.99 Å². The van der Waals surface area contributed by atoms with Crippen molar-refractivity contribution in [2.75, 3.05) is 0 Å². The zero-order chi connectivity index (χ0) is 12.0. The van der Waals surface area contributed by atoms with Gasteiger partial charge >= 0.3 is 0 Å². The van der Waals surface area contributed by atoms with Crippen LogP contribution in [0.25, 0.3) is 0 Å². The number of hydrogen-bond acceptors (Lipinski definition) is 2. The minimum atomic E-state index is -0.672. The largest absolute Gasteiger partial charge is 0.263 e. The Morgan fingerprint density at radius 3 is 2.06 bits per heavy atom. The van der Waals surface area contributed by atoms with Crippen LogP contribution in [0.2, 0.25) is 0 Å². The van der Waals surface area contributed by atoms with Crippen molar-refractivity contribution in [3.8, 4) is 0 Å². The van der Waals surface area contributed by atoms with Crippen LogP contribution in [0.3, 0.4) is 0 Å². The summed E-state index contributed by atoms with van der Waals surface area (Å²) in [5.74, 6) is 0. The Kier molecular flexibility index (Phi) is 2.40. The van der Waals surface area contributed by atoms with Gasteiger partial charge in [-0.3, -0.25) is 4.99 Å². The SMILES string of the molecule is CC1(C)N=C(c2ccccc2)C(C)(C)N1[O]. The maximum atomic E-state index is 12.1. The summed E-state index contributed by atoms with van der Waals surface area (Å²) in [5.41, 5.74) is 0.659. The Hall–Kier alpha value is -1.19. The van der Waals surface area contributed by atoms with Crippen LogP contribution < -0.4 is 0 Å². The van der Waals surface area contributed by atoms with Gasteiger partial charge in [0.25, 0.3) is 0 Å². The predicted octanol–water partition coefficient (Wildman–Crippen LogP) is 2.65. The van der Waals surface area contributed by atoms with Crippen molar-refractivity contribution in [2.45, 2.75) is 38.9 Å². The lowest BCUT2D eigenvalue weighted by atomic mass is 9.93. The highest BCUT2D eigenvalue weighted by Crippen LogP contribution is 2.35. The van der Waals surface area contributed by atoms with E-state index in [9.17, 15) is 5.21 Å². The molecule has 16 heavy (non-hydrogen) atoms. The highest BCUT2D eigenvalue weighted by Gasteiger charge is 2.48. The first kappa shape index (κ1) is 11.3. The molecule has 0 spiro atoms. The Bertz CT molecular complexity index is 421. The molecule has 3 nitrogen and oxygen atoms in total. The maximum Gasteiger partial charge on any atom is 0.134 e. The van der Waals surface area contributed by atoms with E-state index in [1.54, 1.807) is 0 Å². The molecule has 1 aromatic carbocycles. The summed E-state index contributed by atoms with van der Waals surface area (Å²) in [7, 11) is 0. The van der Waals surface area contributed by atoms with Gasteiger partial charge in [-0.1, -0.05) is 30.3 Å². The van der Waals surface area contributed by atoms with Crippen molar-refractivity contribution in [3.05, 3.63) is 35.9 Å². The van der Waals surface area contributed by atoms with E-state index < -0.39 is 11.2 Å². The number of rotatable bonds is 1. The van der Waals surface area contributed by atoms with E-state index in [-0.39, 0.29) is 0 Å². The van der Waals surface area contributed by atoms with E-state index in [1.165, 1.54) is 0 Å². The molecular formula is C13H17N2O. The summed E-state index contributed by atoms with van der Waals surface area (Å²) in [6, 6.07) is 9.89. The fourth-order valence-corrected chi connectivity index (χ4v) is 2.25. The fraction of sp³-hybridized carbons (Fsp3) is 0.462. The van der Waals surface area contributed by atoms with Gasteiger partial charge in [0.1, 0.15) is 5.66 Å². The average molecular weight is 217 g/mol. The van der Waals surface area contributed by atoms with E-state index in [4.69, 9.17) is 0 Å². The van der Waals surface area contributed by atoms with Gasteiger partial charge in [0.05, 0.1) is 11.3 Å². The van der Waals surface area contributed by atoms with Crippen LogP contribution in [-0.4, -0.2) is 22.0 Å². The van der Waals surface area contributed by atoms with Crippen LogP contribution in [0, 0.1) is 0 Å². The third-order valence-corrected chi connectivity index (χ3v) is 3.02. The molecule has 1 heterocycles. The molecule has 0 fully saturated rings. The van der Waals surface area contributed by atoms with Crippen LogP contribution in [0.5, 0.6) is 0 Å². The second-order valence-electron chi connectivity index (χ2n) is 5.17. The molecular weight excluding hydrogens is 200 g/mol. The number of aliphatic imine (C=N–C) groups is 1. The van der Waals surface area contributed by atoms with Gasteiger partial charge in [0.15, 0.2) is 0 Å². The quantitative estimate of drug-likeness (QED) is 0.712. The van der Waals surface area contributed by atoms with Crippen molar-refractivity contribution in [3.63, 3.8) is 0 Å². The Labute approximate surface area is 96.4 Å². The summed E-state index contributed by atoms with van der Waals surface area (Å²) in [5, 5.41) is 13.2. The Morgan fingerprint density at radius 1 is 1.06 bits per heavy atom. The minimum Gasteiger partial charge on any atom is -0.263 e. The average Bonchev–Trinajstić information content (AvgIpc) is 2.40. The van der Waals surface area contributed by atoms with Crippen LogP contribution in [0.15, 0.2) is 35.3 Å². The van der Waals surface area contributed by atoms with Crippen molar-refractivity contribution >= 4 is 5.71 Å². The molecule has 0 unspecified atom stereocenters. The van der Waals surface area contributed by atoms with Gasteiger partial charge in [-0.15, -0.1) is 10.3 Å². The first-order valence-electron chi connectivity index (χ1n) is 5.49. The second kappa shape index (κ2) is 3.40. The van der Waals surface area contributed by atoms with Crippen molar-refractivity contribution in [2.24, 2.45) is 4.99 Å². The molecule has 0 bridgehead atoms. The molecule has 1 aromatic rings. The molecule has 1 aliphatic rings. The molecule has 0 N–H and O–H groups in total. The van der Waals surface area contributed by atoms with Crippen LogP contribution in [-0.2, 0) is 5.21 Å². The van der Waals surface area contributed by atoms with E-state index in [0.29, 0.717) is 0 Å². The van der Waals surface area contributed by atoms with Crippen LogP contribution in [0.1, 0.15) is 33.3 Å². The molecule has 0 atom stereocenters. The third kappa shape index (κ3) is 1.56. The highest BCUT2D eigenvalue weighted by atomic mass is 16.5. The molecule has 2 rings (SSSR count). The second-order valence-corrected chi connectivity index (χ2v) is 5.17. The molecule has 3 heteroatoms. The van der Waals surface area contributed by atoms with E-state index >= 15 is 0 Å². The van der Waals surface area contributed by atoms with E-state index in [1.807, 2.05) is 58.0 Å². The van der Waals surface area contributed by atoms with E-state index in [0.717, 1.165) is 16.3 Å². The topological polar surface area (TPSA) is 35.5 Å². The van der Waals surface area contributed by atoms with Crippen molar-refractivity contribution < 1.29 is 5.21 Å². The Morgan fingerprint density at radius 2 is 1.62 bits per heavy atom. The highest BCUT2D eigenvalue weighted by molar-refractivity contribution is 6.08. The fourth-order valence-electron chi connectivity index (χ4n) is 2.25. The summed E-state index contributed by atoms with van der Waals surface area (Å²) >= 11 is 0. The number of benzene rings is 1. The molecule has 0 saturated heterocycles.